The standard InChI is InChI=1S/C11H20ClN/c1-2-3-9-13(10-8-12)11-6-4-5-7-11/h2-3,11H,4-10H2,1H3/b3-2+. The Morgan fingerprint density at radius 1 is 1.38 bits per heavy atom. The van der Waals surface area contributed by atoms with E-state index in [0.717, 1.165) is 25.0 Å². The van der Waals surface area contributed by atoms with E-state index < -0.39 is 0 Å². The molecule has 0 spiro atoms. The van der Waals surface area contributed by atoms with E-state index in [1.165, 1.54) is 25.7 Å². The van der Waals surface area contributed by atoms with Crippen molar-refractivity contribution < 1.29 is 0 Å². The first-order valence-electron chi connectivity index (χ1n) is 5.29. The number of rotatable bonds is 5. The minimum atomic E-state index is 0.758. The summed E-state index contributed by atoms with van der Waals surface area (Å²) in [6, 6.07) is 0.801. The summed E-state index contributed by atoms with van der Waals surface area (Å²) in [7, 11) is 0. The van der Waals surface area contributed by atoms with E-state index in [4.69, 9.17) is 11.6 Å². The highest BCUT2D eigenvalue weighted by Gasteiger charge is 2.20. The predicted octanol–water partition coefficient (Wildman–Crippen LogP) is 3.05. The quantitative estimate of drug-likeness (QED) is 0.488. The smallest absolute Gasteiger partial charge is 0.0351 e. The van der Waals surface area contributed by atoms with Crippen molar-refractivity contribution in [1.82, 2.24) is 4.90 Å². The Kier molecular flexibility index (Phi) is 5.49. The molecule has 0 amide bonds. The summed E-state index contributed by atoms with van der Waals surface area (Å²) in [4.78, 5) is 2.51. The Morgan fingerprint density at radius 2 is 2.08 bits per heavy atom. The van der Waals surface area contributed by atoms with Crippen molar-refractivity contribution >= 4 is 11.6 Å². The van der Waals surface area contributed by atoms with Gasteiger partial charge in [0.1, 0.15) is 0 Å². The van der Waals surface area contributed by atoms with E-state index in [9.17, 15) is 0 Å². The first-order chi connectivity index (χ1) is 6.38. The first kappa shape index (κ1) is 11.1. The van der Waals surface area contributed by atoms with Gasteiger partial charge in [0, 0.05) is 25.0 Å². The van der Waals surface area contributed by atoms with E-state index in [-0.39, 0.29) is 0 Å². The minimum Gasteiger partial charge on any atom is -0.296 e. The molecule has 1 saturated carbocycles. The van der Waals surface area contributed by atoms with Crippen LogP contribution in [-0.4, -0.2) is 29.9 Å². The molecule has 0 N–H and O–H groups in total. The largest absolute Gasteiger partial charge is 0.296 e. The summed E-state index contributed by atoms with van der Waals surface area (Å²) in [5, 5.41) is 0. The van der Waals surface area contributed by atoms with E-state index in [2.05, 4.69) is 24.0 Å². The molecule has 0 aromatic heterocycles. The maximum absolute atomic E-state index is 5.79. The van der Waals surface area contributed by atoms with E-state index in [0.29, 0.717) is 0 Å². The maximum atomic E-state index is 5.79. The zero-order chi connectivity index (χ0) is 9.52. The molecule has 13 heavy (non-hydrogen) atoms. The molecule has 0 bridgehead atoms. The molecule has 0 aromatic rings. The molecule has 1 nitrogen and oxygen atoms in total. The van der Waals surface area contributed by atoms with Crippen LogP contribution < -0.4 is 0 Å². The number of allylic oxidation sites excluding steroid dienone is 1. The van der Waals surface area contributed by atoms with Crippen LogP contribution in [0.3, 0.4) is 0 Å². The Labute approximate surface area is 86.8 Å². The fourth-order valence-corrected chi connectivity index (χ4v) is 2.26. The average Bonchev–Trinajstić information content (AvgIpc) is 2.65. The van der Waals surface area contributed by atoms with Crippen molar-refractivity contribution in [2.75, 3.05) is 19.0 Å². The van der Waals surface area contributed by atoms with Crippen LogP contribution in [0.25, 0.3) is 0 Å². The summed E-state index contributed by atoms with van der Waals surface area (Å²) in [5.74, 6) is 0.758. The lowest BCUT2D eigenvalue weighted by Gasteiger charge is -2.26. The minimum absolute atomic E-state index is 0.758. The summed E-state index contributed by atoms with van der Waals surface area (Å²) >= 11 is 5.79. The summed E-state index contributed by atoms with van der Waals surface area (Å²) in [5.41, 5.74) is 0. The van der Waals surface area contributed by atoms with Crippen LogP contribution in [0.4, 0.5) is 0 Å². The molecule has 76 valence electrons. The fraction of sp³-hybridized carbons (Fsp3) is 0.818. The van der Waals surface area contributed by atoms with Gasteiger partial charge in [-0.1, -0.05) is 25.0 Å². The maximum Gasteiger partial charge on any atom is 0.0351 e. The summed E-state index contributed by atoms with van der Waals surface area (Å²) in [6.07, 6.45) is 9.89. The van der Waals surface area contributed by atoms with Gasteiger partial charge in [0.05, 0.1) is 0 Å². The van der Waals surface area contributed by atoms with Gasteiger partial charge in [0.25, 0.3) is 0 Å². The van der Waals surface area contributed by atoms with E-state index in [1.807, 2.05) is 0 Å². The van der Waals surface area contributed by atoms with Crippen LogP contribution in [0.15, 0.2) is 12.2 Å². The third-order valence-corrected chi connectivity index (χ3v) is 2.96. The second kappa shape index (κ2) is 6.44. The molecular formula is C11H20ClN. The Balaban J connectivity index is 2.35. The van der Waals surface area contributed by atoms with Gasteiger partial charge in [-0.3, -0.25) is 4.90 Å². The average molecular weight is 202 g/mol. The molecule has 0 aromatic carbocycles. The number of hydrogen-bond donors (Lipinski definition) is 0. The molecule has 0 atom stereocenters. The molecule has 0 aliphatic heterocycles. The highest BCUT2D eigenvalue weighted by Crippen LogP contribution is 2.23. The molecule has 0 heterocycles. The Morgan fingerprint density at radius 3 is 2.62 bits per heavy atom. The molecule has 1 aliphatic rings. The number of halogens is 1. The number of alkyl halides is 1. The molecule has 1 aliphatic carbocycles. The molecule has 0 saturated heterocycles. The highest BCUT2D eigenvalue weighted by atomic mass is 35.5. The van der Waals surface area contributed by atoms with Gasteiger partial charge in [0.2, 0.25) is 0 Å². The zero-order valence-corrected chi connectivity index (χ0v) is 9.26. The van der Waals surface area contributed by atoms with Gasteiger partial charge in [0.15, 0.2) is 0 Å². The fourth-order valence-electron chi connectivity index (χ4n) is 2.04. The Bertz CT molecular complexity index is 150. The van der Waals surface area contributed by atoms with Crippen LogP contribution in [0.1, 0.15) is 32.6 Å². The second-order valence-electron chi connectivity index (χ2n) is 3.69. The lowest BCUT2D eigenvalue weighted by Crippen LogP contribution is -2.34. The van der Waals surface area contributed by atoms with Crippen molar-refractivity contribution in [2.24, 2.45) is 0 Å². The van der Waals surface area contributed by atoms with Gasteiger partial charge in [-0.25, -0.2) is 0 Å². The summed E-state index contributed by atoms with van der Waals surface area (Å²) < 4.78 is 0. The zero-order valence-electron chi connectivity index (χ0n) is 8.51. The highest BCUT2D eigenvalue weighted by molar-refractivity contribution is 6.18. The topological polar surface area (TPSA) is 3.24 Å². The molecule has 2 heteroatoms. The third kappa shape index (κ3) is 3.70. The van der Waals surface area contributed by atoms with Crippen LogP contribution in [0.2, 0.25) is 0 Å². The summed E-state index contributed by atoms with van der Waals surface area (Å²) in [6.45, 7) is 4.19. The van der Waals surface area contributed by atoms with Crippen LogP contribution in [-0.2, 0) is 0 Å². The molecule has 0 unspecified atom stereocenters. The first-order valence-corrected chi connectivity index (χ1v) is 5.83. The second-order valence-corrected chi connectivity index (χ2v) is 4.07. The molecule has 1 fully saturated rings. The normalized spacial score (nSPS) is 19.3. The van der Waals surface area contributed by atoms with Crippen LogP contribution in [0, 0.1) is 0 Å². The van der Waals surface area contributed by atoms with Crippen molar-refractivity contribution in [3.05, 3.63) is 12.2 Å². The van der Waals surface area contributed by atoms with Gasteiger partial charge in [-0.15, -0.1) is 11.6 Å². The van der Waals surface area contributed by atoms with E-state index in [1.54, 1.807) is 0 Å². The lowest BCUT2D eigenvalue weighted by molar-refractivity contribution is 0.233. The van der Waals surface area contributed by atoms with Crippen LogP contribution in [0.5, 0.6) is 0 Å². The van der Waals surface area contributed by atoms with Gasteiger partial charge in [-0.05, 0) is 19.8 Å². The van der Waals surface area contributed by atoms with Crippen molar-refractivity contribution in [3.8, 4) is 0 Å². The van der Waals surface area contributed by atoms with Gasteiger partial charge in [-0.2, -0.15) is 0 Å². The molecular weight excluding hydrogens is 182 g/mol. The SMILES string of the molecule is C/C=C/CN(CCCl)C1CCCC1. The van der Waals surface area contributed by atoms with Crippen molar-refractivity contribution in [3.63, 3.8) is 0 Å². The predicted molar refractivity (Wildman–Crippen MR) is 59.4 cm³/mol. The Hall–Kier alpha value is -0.0100. The van der Waals surface area contributed by atoms with Crippen molar-refractivity contribution in [2.45, 2.75) is 38.6 Å². The van der Waals surface area contributed by atoms with Gasteiger partial charge < -0.3 is 0 Å². The van der Waals surface area contributed by atoms with E-state index >= 15 is 0 Å². The third-order valence-electron chi connectivity index (χ3n) is 2.79. The van der Waals surface area contributed by atoms with Crippen molar-refractivity contribution in [1.29, 1.82) is 0 Å². The number of nitrogens with zero attached hydrogens (tertiary/aromatic N) is 1. The number of hydrogen-bond acceptors (Lipinski definition) is 1. The van der Waals surface area contributed by atoms with Gasteiger partial charge >= 0.3 is 0 Å². The molecule has 1 rings (SSSR count). The van der Waals surface area contributed by atoms with Crippen LogP contribution >= 0.6 is 11.6 Å². The lowest BCUT2D eigenvalue weighted by atomic mass is 10.2. The molecule has 0 radical (unpaired) electrons. The monoisotopic (exact) mass is 201 g/mol.